The molecule has 0 unspecified atom stereocenters. The molecule has 4 nitrogen and oxygen atoms in total. The highest BCUT2D eigenvalue weighted by Gasteiger charge is 2.07. The molecule has 0 saturated heterocycles. The third-order valence-corrected chi connectivity index (χ3v) is 3.23. The van der Waals surface area contributed by atoms with E-state index in [9.17, 15) is 4.79 Å². The van der Waals surface area contributed by atoms with Crippen LogP contribution in [0.5, 0.6) is 0 Å². The first-order chi connectivity index (χ1) is 8.16. The number of halogens is 1. The van der Waals surface area contributed by atoms with E-state index in [0.29, 0.717) is 17.8 Å². The lowest BCUT2D eigenvalue weighted by Gasteiger charge is -2.05. The van der Waals surface area contributed by atoms with Gasteiger partial charge < -0.3 is 15.5 Å². The number of carbonyl (C=O) groups excluding carboxylic acids is 1. The molecule has 0 radical (unpaired) electrons. The zero-order chi connectivity index (χ0) is 12.3. The number of carbonyl (C=O) groups is 1. The molecule has 1 heterocycles. The fraction of sp³-hybridized carbons (Fsp3) is 0.0833. The average molecular weight is 342 g/mol. The summed E-state index contributed by atoms with van der Waals surface area (Å²) in [4.78, 5) is 11.8. The molecule has 2 aromatic rings. The van der Waals surface area contributed by atoms with Gasteiger partial charge in [0.2, 0.25) is 0 Å². The van der Waals surface area contributed by atoms with Crippen molar-refractivity contribution in [1.29, 1.82) is 0 Å². The van der Waals surface area contributed by atoms with Gasteiger partial charge >= 0.3 is 0 Å². The predicted octanol–water partition coefficient (Wildman–Crippen LogP) is 2.40. The highest BCUT2D eigenvalue weighted by Crippen LogP contribution is 2.16. The summed E-state index contributed by atoms with van der Waals surface area (Å²) in [6.45, 7) is 0.455. The second-order valence-electron chi connectivity index (χ2n) is 3.55. The van der Waals surface area contributed by atoms with Crippen LogP contribution >= 0.6 is 22.6 Å². The molecule has 5 heteroatoms. The largest absolute Gasteiger partial charge is 0.472 e. The Morgan fingerprint density at radius 3 is 2.88 bits per heavy atom. The minimum Gasteiger partial charge on any atom is -0.472 e. The van der Waals surface area contributed by atoms with Gasteiger partial charge in [-0.3, -0.25) is 4.79 Å². The first-order valence-electron chi connectivity index (χ1n) is 5.01. The maximum Gasteiger partial charge on any atom is 0.251 e. The Labute approximate surface area is 112 Å². The van der Waals surface area contributed by atoms with Gasteiger partial charge in [0.1, 0.15) is 0 Å². The van der Waals surface area contributed by atoms with E-state index in [1.807, 2.05) is 6.07 Å². The molecular weight excluding hydrogens is 331 g/mol. The second-order valence-corrected chi connectivity index (χ2v) is 4.71. The van der Waals surface area contributed by atoms with E-state index in [1.165, 1.54) is 0 Å². The molecule has 0 saturated carbocycles. The minimum absolute atomic E-state index is 0.121. The number of nitrogen functional groups attached to an aromatic ring is 1. The molecule has 0 aliphatic carbocycles. The molecule has 3 N–H and O–H groups in total. The standard InChI is InChI=1S/C12H11IN2O2/c13-10-5-9(1-2-11(10)14)12(16)15-6-8-3-4-17-7-8/h1-5,7H,6,14H2,(H,15,16). The van der Waals surface area contributed by atoms with Crippen LogP contribution in [0.4, 0.5) is 5.69 Å². The smallest absolute Gasteiger partial charge is 0.251 e. The van der Waals surface area contributed by atoms with Crippen molar-refractivity contribution in [3.8, 4) is 0 Å². The SMILES string of the molecule is Nc1ccc(C(=O)NCc2ccoc2)cc1I. The summed E-state index contributed by atoms with van der Waals surface area (Å²) in [6, 6.07) is 7.02. The fourth-order valence-corrected chi connectivity index (χ4v) is 1.86. The van der Waals surface area contributed by atoms with Crippen LogP contribution in [0.25, 0.3) is 0 Å². The topological polar surface area (TPSA) is 68.3 Å². The van der Waals surface area contributed by atoms with Crippen LogP contribution in [-0.2, 0) is 6.54 Å². The molecule has 0 spiro atoms. The van der Waals surface area contributed by atoms with Gasteiger partial charge in [-0.05, 0) is 46.9 Å². The van der Waals surface area contributed by atoms with Crippen molar-refractivity contribution in [3.05, 3.63) is 51.5 Å². The van der Waals surface area contributed by atoms with Crippen molar-refractivity contribution in [2.45, 2.75) is 6.54 Å². The fourth-order valence-electron chi connectivity index (χ4n) is 1.35. The van der Waals surface area contributed by atoms with E-state index in [2.05, 4.69) is 27.9 Å². The van der Waals surface area contributed by atoms with Gasteiger partial charge in [-0.1, -0.05) is 0 Å². The van der Waals surface area contributed by atoms with Crippen molar-refractivity contribution in [2.24, 2.45) is 0 Å². The summed E-state index contributed by atoms with van der Waals surface area (Å²) < 4.78 is 5.79. The number of furan rings is 1. The molecule has 0 fully saturated rings. The van der Waals surface area contributed by atoms with Crippen molar-refractivity contribution >= 4 is 34.2 Å². The quantitative estimate of drug-likeness (QED) is 0.665. The van der Waals surface area contributed by atoms with Crippen molar-refractivity contribution in [1.82, 2.24) is 5.32 Å². The molecular formula is C12H11IN2O2. The Bertz CT molecular complexity index is 523. The molecule has 1 aromatic carbocycles. The highest BCUT2D eigenvalue weighted by molar-refractivity contribution is 14.1. The number of amides is 1. The number of nitrogens with one attached hydrogen (secondary N) is 1. The lowest BCUT2D eigenvalue weighted by Crippen LogP contribution is -2.22. The van der Waals surface area contributed by atoms with Crippen LogP contribution < -0.4 is 11.1 Å². The molecule has 1 aromatic heterocycles. The number of nitrogens with two attached hydrogens (primary N) is 1. The maximum absolute atomic E-state index is 11.8. The summed E-state index contributed by atoms with van der Waals surface area (Å²) in [5, 5.41) is 2.80. The first-order valence-corrected chi connectivity index (χ1v) is 6.09. The number of benzene rings is 1. The van der Waals surface area contributed by atoms with Gasteiger partial charge in [-0.25, -0.2) is 0 Å². The molecule has 2 rings (SSSR count). The second kappa shape index (κ2) is 5.22. The molecule has 17 heavy (non-hydrogen) atoms. The Hall–Kier alpha value is -1.50. The highest BCUT2D eigenvalue weighted by atomic mass is 127. The lowest BCUT2D eigenvalue weighted by molar-refractivity contribution is 0.0951. The average Bonchev–Trinajstić information content (AvgIpc) is 2.82. The molecule has 0 atom stereocenters. The van der Waals surface area contributed by atoms with Gasteiger partial charge in [-0.2, -0.15) is 0 Å². The van der Waals surface area contributed by atoms with Crippen LogP contribution in [0, 0.1) is 3.57 Å². The van der Waals surface area contributed by atoms with Crippen LogP contribution in [0.15, 0.2) is 41.2 Å². The van der Waals surface area contributed by atoms with E-state index in [-0.39, 0.29) is 5.91 Å². The zero-order valence-electron chi connectivity index (χ0n) is 8.94. The number of hydrogen-bond acceptors (Lipinski definition) is 3. The van der Waals surface area contributed by atoms with Crippen LogP contribution in [0.3, 0.4) is 0 Å². The van der Waals surface area contributed by atoms with E-state index in [4.69, 9.17) is 10.2 Å². The Kier molecular flexibility index (Phi) is 3.68. The van der Waals surface area contributed by atoms with Gasteiger partial charge in [0.05, 0.1) is 12.5 Å². The summed E-state index contributed by atoms with van der Waals surface area (Å²) in [7, 11) is 0. The Morgan fingerprint density at radius 2 is 2.24 bits per heavy atom. The molecule has 0 aliphatic heterocycles. The molecule has 0 bridgehead atoms. The van der Waals surface area contributed by atoms with Crippen LogP contribution in [0.1, 0.15) is 15.9 Å². The Balaban J connectivity index is 2.02. The van der Waals surface area contributed by atoms with Crippen molar-refractivity contribution in [2.75, 3.05) is 5.73 Å². The monoisotopic (exact) mass is 342 g/mol. The van der Waals surface area contributed by atoms with E-state index < -0.39 is 0 Å². The zero-order valence-corrected chi connectivity index (χ0v) is 11.1. The van der Waals surface area contributed by atoms with Crippen LogP contribution in [0.2, 0.25) is 0 Å². The normalized spacial score (nSPS) is 10.2. The summed E-state index contributed by atoms with van der Waals surface area (Å²) >= 11 is 2.10. The summed E-state index contributed by atoms with van der Waals surface area (Å²) in [5.74, 6) is -0.121. The molecule has 88 valence electrons. The number of anilines is 1. The number of hydrogen-bond donors (Lipinski definition) is 2. The third kappa shape index (κ3) is 3.00. The van der Waals surface area contributed by atoms with E-state index in [0.717, 1.165) is 9.13 Å². The maximum atomic E-state index is 11.8. The minimum atomic E-state index is -0.121. The molecule has 0 aliphatic rings. The van der Waals surface area contributed by atoms with Crippen molar-refractivity contribution in [3.63, 3.8) is 0 Å². The van der Waals surface area contributed by atoms with Gasteiger partial charge in [0.25, 0.3) is 5.91 Å². The number of rotatable bonds is 3. The molecule has 1 amide bonds. The van der Waals surface area contributed by atoms with Gasteiger partial charge in [0, 0.05) is 26.9 Å². The first kappa shape index (κ1) is 12.0. The van der Waals surface area contributed by atoms with E-state index in [1.54, 1.807) is 30.7 Å². The van der Waals surface area contributed by atoms with Crippen molar-refractivity contribution < 1.29 is 9.21 Å². The lowest BCUT2D eigenvalue weighted by atomic mass is 10.2. The van der Waals surface area contributed by atoms with E-state index >= 15 is 0 Å². The Morgan fingerprint density at radius 1 is 1.41 bits per heavy atom. The summed E-state index contributed by atoms with van der Waals surface area (Å²) in [6.07, 6.45) is 3.18. The van der Waals surface area contributed by atoms with Gasteiger partial charge in [0.15, 0.2) is 0 Å². The third-order valence-electron chi connectivity index (χ3n) is 2.30. The van der Waals surface area contributed by atoms with Gasteiger partial charge in [-0.15, -0.1) is 0 Å². The predicted molar refractivity (Wildman–Crippen MR) is 73.4 cm³/mol. The summed E-state index contributed by atoms with van der Waals surface area (Å²) in [5.41, 5.74) is 7.90. The van der Waals surface area contributed by atoms with Crippen LogP contribution in [-0.4, -0.2) is 5.91 Å².